The molecule has 0 aromatic heterocycles. The number of carboxylic acid groups (broad SMARTS) is 1. The van der Waals surface area contributed by atoms with Crippen molar-refractivity contribution in [2.24, 2.45) is 56.7 Å². The van der Waals surface area contributed by atoms with E-state index in [1.807, 2.05) is 6.08 Å². The first kappa shape index (κ1) is 29.1. The van der Waals surface area contributed by atoms with Crippen LogP contribution in [0.4, 0.5) is 0 Å². The molecule has 39 heavy (non-hydrogen) atoms. The summed E-state index contributed by atoms with van der Waals surface area (Å²) in [5.74, 6) is -0.243. The Morgan fingerprint density at radius 3 is 2.36 bits per heavy atom. The van der Waals surface area contributed by atoms with Gasteiger partial charge in [-0.1, -0.05) is 47.1 Å². The van der Waals surface area contributed by atoms with Crippen LogP contribution in [0.2, 0.25) is 0 Å². The number of allylic oxidation sites excluding steroid dienone is 2. The molecular weight excluding hydrogens is 514 g/mol. The third-order valence-corrected chi connectivity index (χ3v) is 13.8. The second-order valence-corrected chi connectivity index (χ2v) is 15.5. The minimum atomic E-state index is -1.28. The van der Waals surface area contributed by atoms with Crippen LogP contribution in [-0.2, 0) is 19.1 Å². The number of carbonyl (C=O) groups excluding carboxylic acids is 2. The molecule has 0 aromatic carbocycles. The quantitative estimate of drug-likeness (QED) is 0.298. The lowest BCUT2D eigenvalue weighted by atomic mass is 9.33. The van der Waals surface area contributed by atoms with Crippen LogP contribution in [0, 0.1) is 56.7 Å². The number of nitrogens with one attached hydrogen (secondary N) is 1. The van der Waals surface area contributed by atoms with Gasteiger partial charge in [-0.2, -0.15) is 0 Å². The summed E-state index contributed by atoms with van der Waals surface area (Å²) in [5.41, 5.74) is -0.485. The van der Waals surface area contributed by atoms with Crippen molar-refractivity contribution >= 4 is 29.5 Å². The van der Waals surface area contributed by atoms with Crippen LogP contribution in [0.15, 0.2) is 11.6 Å². The Kier molecular flexibility index (Phi) is 6.94. The average molecular weight is 562 g/mol. The number of esters is 1. The van der Waals surface area contributed by atoms with Gasteiger partial charge in [-0.25, -0.2) is 4.84 Å². The van der Waals surface area contributed by atoms with E-state index in [1.165, 1.54) is 24.8 Å². The lowest BCUT2D eigenvalue weighted by molar-refractivity contribution is -0.221. The molecule has 0 heterocycles. The van der Waals surface area contributed by atoms with Crippen LogP contribution in [0.25, 0.3) is 0 Å². The van der Waals surface area contributed by atoms with E-state index < -0.39 is 28.9 Å². The molecule has 6 nitrogen and oxygen atoms in total. The molecule has 5 rings (SSSR count). The number of aliphatic carboxylic acids is 1. The van der Waals surface area contributed by atoms with Crippen LogP contribution >= 0.6 is 11.8 Å². The van der Waals surface area contributed by atoms with Crippen molar-refractivity contribution < 1.29 is 24.2 Å². The fourth-order valence-electron chi connectivity index (χ4n) is 11.1. The summed E-state index contributed by atoms with van der Waals surface area (Å²) in [5, 5.41) is 10.6. The van der Waals surface area contributed by atoms with Crippen molar-refractivity contribution in [3.63, 3.8) is 0 Å². The van der Waals surface area contributed by atoms with Gasteiger partial charge < -0.3 is 9.84 Å². The van der Waals surface area contributed by atoms with Crippen molar-refractivity contribution in [2.45, 2.75) is 106 Å². The number of hydrogen-bond donors (Lipinski definition) is 2. The Morgan fingerprint density at radius 2 is 1.72 bits per heavy atom. The van der Waals surface area contributed by atoms with E-state index in [9.17, 15) is 19.5 Å². The van der Waals surface area contributed by atoms with Crippen molar-refractivity contribution in [1.82, 2.24) is 4.84 Å². The zero-order valence-electron chi connectivity index (χ0n) is 24.9. The molecule has 0 spiro atoms. The van der Waals surface area contributed by atoms with E-state index in [1.54, 1.807) is 6.92 Å². The second-order valence-electron chi connectivity index (χ2n) is 15.2. The van der Waals surface area contributed by atoms with Gasteiger partial charge in [0.25, 0.3) is 0 Å². The fraction of sp³-hybridized carbons (Fsp3) is 0.844. The van der Waals surface area contributed by atoms with Gasteiger partial charge in [0.15, 0.2) is 5.78 Å². The van der Waals surface area contributed by atoms with Gasteiger partial charge in [0.1, 0.15) is 18.1 Å². The molecule has 3 unspecified atom stereocenters. The summed E-state index contributed by atoms with van der Waals surface area (Å²) in [6.07, 6.45) is 8.62. The maximum absolute atomic E-state index is 14.5. The van der Waals surface area contributed by atoms with E-state index in [-0.39, 0.29) is 40.4 Å². The number of fused-ring (bicyclic) bond motifs is 7. The minimum absolute atomic E-state index is 0.0932. The van der Waals surface area contributed by atoms with Gasteiger partial charge in [0.05, 0.1) is 0 Å². The normalized spacial score (nSPS) is 51.0. The number of hydrogen-bond acceptors (Lipinski definition) is 5. The topological polar surface area (TPSA) is 92.7 Å². The van der Waals surface area contributed by atoms with Crippen LogP contribution in [-0.4, -0.2) is 35.5 Å². The molecule has 4 saturated carbocycles. The number of ether oxygens (including phenoxy) is 1. The highest BCUT2D eigenvalue weighted by Gasteiger charge is 2.72. The van der Waals surface area contributed by atoms with Crippen molar-refractivity contribution in [3.05, 3.63) is 11.6 Å². The summed E-state index contributed by atoms with van der Waals surface area (Å²) in [7, 11) is 0. The molecule has 0 aliphatic heterocycles. The molecule has 218 valence electrons. The Labute approximate surface area is 239 Å². The highest BCUT2D eigenvalue weighted by atomic mass is 35.5. The standard InChI is InChI=1S/C32H48ClNO5/c1-18-8-11-28(3)14-15-30(5)20(25(28)19(18)2)16-21(35)26-29(4)12-10-23(39-24(36)17-34-33)32(7,27(37)38)22(29)9-13-31(26,30)6/h16,18-19,22-23,25-26,34H,8-15,17H2,1-7H3,(H,37,38)/t18-,19+,22?,23-,25?,26?,28-,29+,30-,31-,32-/m1/s1. The number of ketones is 1. The minimum Gasteiger partial charge on any atom is -0.481 e. The molecule has 11 atom stereocenters. The summed E-state index contributed by atoms with van der Waals surface area (Å²) in [6.45, 7) is 15.7. The molecule has 0 saturated heterocycles. The van der Waals surface area contributed by atoms with Crippen LogP contribution in [0.5, 0.6) is 0 Å². The smallest absolute Gasteiger partial charge is 0.321 e. The van der Waals surface area contributed by atoms with E-state index >= 15 is 0 Å². The van der Waals surface area contributed by atoms with Gasteiger partial charge in [-0.05, 0) is 121 Å². The van der Waals surface area contributed by atoms with Gasteiger partial charge in [-0.3, -0.25) is 14.4 Å². The lowest BCUT2D eigenvalue weighted by Crippen LogP contribution is -2.68. The van der Waals surface area contributed by atoms with E-state index in [0.717, 1.165) is 12.8 Å². The third kappa shape index (κ3) is 3.78. The number of carboxylic acids is 1. The molecule has 5 aliphatic carbocycles. The molecule has 0 amide bonds. The van der Waals surface area contributed by atoms with Crippen LogP contribution < -0.4 is 4.84 Å². The largest absolute Gasteiger partial charge is 0.481 e. The Morgan fingerprint density at radius 1 is 1.03 bits per heavy atom. The summed E-state index contributed by atoms with van der Waals surface area (Å²) >= 11 is 5.52. The Hall–Kier alpha value is -1.40. The van der Waals surface area contributed by atoms with Crippen LogP contribution in [0.3, 0.4) is 0 Å². The fourth-order valence-corrected chi connectivity index (χ4v) is 11.2. The van der Waals surface area contributed by atoms with Gasteiger partial charge in [0, 0.05) is 5.92 Å². The van der Waals surface area contributed by atoms with Crippen molar-refractivity contribution in [3.8, 4) is 0 Å². The Bertz CT molecular complexity index is 1110. The predicted octanol–water partition coefficient (Wildman–Crippen LogP) is 6.56. The molecule has 0 radical (unpaired) electrons. The first-order valence-electron chi connectivity index (χ1n) is 15.1. The van der Waals surface area contributed by atoms with E-state index in [0.29, 0.717) is 37.0 Å². The molecule has 2 N–H and O–H groups in total. The lowest BCUT2D eigenvalue weighted by Gasteiger charge is -2.70. The molecule has 4 fully saturated rings. The molecule has 0 bridgehead atoms. The first-order valence-corrected chi connectivity index (χ1v) is 15.5. The van der Waals surface area contributed by atoms with Gasteiger partial charge >= 0.3 is 11.9 Å². The Balaban J connectivity index is 1.58. The highest BCUT2D eigenvalue weighted by Crippen LogP contribution is 2.75. The van der Waals surface area contributed by atoms with Crippen molar-refractivity contribution in [2.75, 3.05) is 6.54 Å². The van der Waals surface area contributed by atoms with Gasteiger partial charge in [0.2, 0.25) is 0 Å². The SMILES string of the molecule is C[C@@H]1CC[C@]2(C)CC[C@]3(C)C(=CC(=O)C4[C@@]5(C)CC[C@@H](OC(=O)CNCl)[C@](C)(C(=O)O)C5CC[C@]43C)C2[C@H]1C. The molecule has 7 heteroatoms. The highest BCUT2D eigenvalue weighted by molar-refractivity contribution is 6.14. The zero-order chi connectivity index (χ0) is 28.8. The number of rotatable bonds is 4. The summed E-state index contributed by atoms with van der Waals surface area (Å²) in [4.78, 5) is 42.1. The first-order chi connectivity index (χ1) is 18.1. The monoisotopic (exact) mass is 561 g/mol. The maximum Gasteiger partial charge on any atom is 0.321 e. The third-order valence-electron chi connectivity index (χ3n) is 13.7. The second kappa shape index (κ2) is 9.31. The molecular formula is C32H48ClNO5. The zero-order valence-corrected chi connectivity index (χ0v) is 25.6. The maximum atomic E-state index is 14.5. The average Bonchev–Trinajstić information content (AvgIpc) is 2.85. The summed E-state index contributed by atoms with van der Waals surface area (Å²) in [6, 6.07) is 0. The van der Waals surface area contributed by atoms with E-state index in [4.69, 9.17) is 16.5 Å². The molecule has 5 aliphatic rings. The van der Waals surface area contributed by atoms with Crippen molar-refractivity contribution in [1.29, 1.82) is 0 Å². The predicted molar refractivity (Wildman–Crippen MR) is 151 cm³/mol. The van der Waals surface area contributed by atoms with Crippen LogP contribution in [0.1, 0.15) is 99.8 Å². The molecule has 0 aromatic rings. The number of carbonyl (C=O) groups is 3. The van der Waals surface area contributed by atoms with E-state index in [2.05, 4.69) is 46.4 Å². The summed E-state index contributed by atoms with van der Waals surface area (Å²) < 4.78 is 5.72. The number of halogens is 1. The van der Waals surface area contributed by atoms with Gasteiger partial charge in [-0.15, -0.1) is 0 Å².